The van der Waals surface area contributed by atoms with Gasteiger partial charge in [-0.05, 0) is 38.5 Å². The van der Waals surface area contributed by atoms with E-state index in [0.717, 1.165) is 18.6 Å². The first-order valence-electron chi connectivity index (χ1n) is 6.49. The lowest BCUT2D eigenvalue weighted by molar-refractivity contribution is 0.0223. The molecule has 3 nitrogen and oxygen atoms in total. The number of piperazine rings is 1. The highest BCUT2D eigenvalue weighted by atomic mass is 15.4. The first-order chi connectivity index (χ1) is 7.36. The molecule has 83 valence electrons. The Labute approximate surface area is 91.6 Å². The predicted molar refractivity (Wildman–Crippen MR) is 59.1 cm³/mol. The summed E-state index contributed by atoms with van der Waals surface area (Å²) in [7, 11) is 0. The fourth-order valence-electron chi connectivity index (χ4n) is 4.12. The second-order valence-electron chi connectivity index (χ2n) is 5.74. The van der Waals surface area contributed by atoms with Crippen LogP contribution in [0.2, 0.25) is 0 Å². The summed E-state index contributed by atoms with van der Waals surface area (Å²) in [6, 6.07) is 3.27. The number of nitrogens with one attached hydrogen (secondary N) is 2. The fraction of sp³-hybridized carbons (Fsp3) is 0.917. The third-order valence-electron chi connectivity index (χ3n) is 4.96. The maximum Gasteiger partial charge on any atom is 0.0721 e. The molecule has 2 N–H and O–H groups in total. The van der Waals surface area contributed by atoms with Crippen molar-refractivity contribution >= 4 is 0 Å². The van der Waals surface area contributed by atoms with Crippen molar-refractivity contribution in [1.82, 2.24) is 15.5 Å². The molecule has 4 bridgehead atoms. The van der Waals surface area contributed by atoms with E-state index in [2.05, 4.69) is 15.5 Å². The Balaban J connectivity index is 1.62. The lowest BCUT2D eigenvalue weighted by Crippen LogP contribution is -2.66. The van der Waals surface area contributed by atoms with E-state index in [4.69, 9.17) is 0 Å². The van der Waals surface area contributed by atoms with Crippen LogP contribution in [0, 0.1) is 6.04 Å². The SMILES string of the molecule is C1CC2CN(C34CCC(CC3)N4)[C]1CN2. The fourth-order valence-corrected chi connectivity index (χ4v) is 4.12. The van der Waals surface area contributed by atoms with Gasteiger partial charge in [-0.15, -0.1) is 0 Å². The average Bonchev–Trinajstić information content (AvgIpc) is 2.92. The number of nitrogens with zero attached hydrogens (tertiary/aromatic N) is 1. The molecular formula is C12H20N3. The molecule has 5 aliphatic rings. The lowest BCUT2D eigenvalue weighted by atomic mass is 9.86. The van der Waals surface area contributed by atoms with E-state index >= 15 is 0 Å². The van der Waals surface area contributed by atoms with Gasteiger partial charge in [-0.25, -0.2) is 0 Å². The van der Waals surface area contributed by atoms with Gasteiger partial charge < -0.3 is 5.32 Å². The van der Waals surface area contributed by atoms with Crippen LogP contribution < -0.4 is 10.6 Å². The molecule has 0 spiro atoms. The second-order valence-corrected chi connectivity index (χ2v) is 5.74. The van der Waals surface area contributed by atoms with Gasteiger partial charge in [-0.1, -0.05) is 0 Å². The van der Waals surface area contributed by atoms with Crippen LogP contribution in [0.4, 0.5) is 0 Å². The minimum atomic E-state index is 0.390. The average molecular weight is 206 g/mol. The Hall–Kier alpha value is -0.120. The maximum absolute atomic E-state index is 3.87. The zero-order chi connectivity index (χ0) is 9.88. The zero-order valence-corrected chi connectivity index (χ0v) is 9.26. The molecule has 0 aromatic heterocycles. The van der Waals surface area contributed by atoms with Crippen molar-refractivity contribution in [3.8, 4) is 0 Å². The minimum Gasteiger partial charge on any atom is -0.311 e. The summed E-state index contributed by atoms with van der Waals surface area (Å²) >= 11 is 0. The molecule has 1 radical (unpaired) electrons. The lowest BCUT2D eigenvalue weighted by Gasteiger charge is -2.52. The topological polar surface area (TPSA) is 27.3 Å². The van der Waals surface area contributed by atoms with Crippen molar-refractivity contribution in [3.05, 3.63) is 6.04 Å². The quantitative estimate of drug-likeness (QED) is 0.665. The van der Waals surface area contributed by atoms with Crippen molar-refractivity contribution < 1.29 is 0 Å². The molecule has 5 aliphatic heterocycles. The first-order valence-corrected chi connectivity index (χ1v) is 6.49. The number of rotatable bonds is 1. The van der Waals surface area contributed by atoms with Crippen molar-refractivity contribution in [3.63, 3.8) is 0 Å². The van der Waals surface area contributed by atoms with Crippen molar-refractivity contribution in [1.29, 1.82) is 0 Å². The molecule has 0 aliphatic carbocycles. The molecule has 5 heterocycles. The second kappa shape index (κ2) is 2.96. The molecule has 0 aromatic carbocycles. The number of hydrogen-bond donors (Lipinski definition) is 2. The van der Waals surface area contributed by atoms with E-state index in [1.807, 2.05) is 0 Å². The third-order valence-corrected chi connectivity index (χ3v) is 4.96. The summed E-state index contributed by atoms with van der Waals surface area (Å²) < 4.78 is 0. The van der Waals surface area contributed by atoms with Crippen LogP contribution in [-0.2, 0) is 0 Å². The Bertz CT molecular complexity index is 262. The summed E-state index contributed by atoms with van der Waals surface area (Å²) in [5.41, 5.74) is 0.390. The monoisotopic (exact) mass is 206 g/mol. The number of piperidine rings is 2. The molecule has 0 amide bonds. The predicted octanol–water partition coefficient (Wildman–Crippen LogP) is 0.828. The van der Waals surface area contributed by atoms with Gasteiger partial charge in [0.2, 0.25) is 0 Å². The Morgan fingerprint density at radius 3 is 2.47 bits per heavy atom. The van der Waals surface area contributed by atoms with E-state index in [9.17, 15) is 0 Å². The van der Waals surface area contributed by atoms with Crippen LogP contribution in [-0.4, -0.2) is 35.7 Å². The molecule has 0 saturated carbocycles. The van der Waals surface area contributed by atoms with E-state index in [1.54, 1.807) is 6.04 Å². The highest BCUT2D eigenvalue weighted by molar-refractivity contribution is 5.15. The smallest absolute Gasteiger partial charge is 0.0721 e. The molecule has 5 rings (SSSR count). The molecule has 5 fully saturated rings. The van der Waals surface area contributed by atoms with Crippen LogP contribution in [0.3, 0.4) is 0 Å². The van der Waals surface area contributed by atoms with Gasteiger partial charge in [-0.3, -0.25) is 10.2 Å². The van der Waals surface area contributed by atoms with Crippen LogP contribution in [0.25, 0.3) is 0 Å². The summed E-state index contributed by atoms with van der Waals surface area (Å²) in [5.74, 6) is 0. The summed E-state index contributed by atoms with van der Waals surface area (Å²) in [6.45, 7) is 2.41. The van der Waals surface area contributed by atoms with E-state index < -0.39 is 0 Å². The molecule has 0 aromatic rings. The van der Waals surface area contributed by atoms with Gasteiger partial charge in [0.25, 0.3) is 0 Å². The molecule has 1 unspecified atom stereocenters. The summed E-state index contributed by atoms with van der Waals surface area (Å²) in [6.07, 6.45) is 8.28. The van der Waals surface area contributed by atoms with Gasteiger partial charge in [0.15, 0.2) is 0 Å². The molecule has 5 saturated heterocycles. The van der Waals surface area contributed by atoms with E-state index in [0.29, 0.717) is 5.66 Å². The largest absolute Gasteiger partial charge is 0.311 e. The highest BCUT2D eigenvalue weighted by Gasteiger charge is 2.52. The van der Waals surface area contributed by atoms with Crippen molar-refractivity contribution in [2.24, 2.45) is 0 Å². The number of fused-ring (bicyclic) bond motifs is 6. The summed E-state index contributed by atoms with van der Waals surface area (Å²) in [5, 5.41) is 7.49. The Morgan fingerprint density at radius 2 is 2.00 bits per heavy atom. The highest BCUT2D eigenvalue weighted by Crippen LogP contribution is 2.45. The van der Waals surface area contributed by atoms with Crippen molar-refractivity contribution in [2.45, 2.75) is 56.3 Å². The summed E-state index contributed by atoms with van der Waals surface area (Å²) in [4.78, 5) is 2.74. The van der Waals surface area contributed by atoms with Crippen LogP contribution in [0.5, 0.6) is 0 Å². The maximum atomic E-state index is 3.87. The van der Waals surface area contributed by atoms with Crippen LogP contribution >= 0.6 is 0 Å². The molecule has 1 atom stereocenters. The standard InChI is InChI=1S/C12H20N3/c1-2-11-7-13-10(1)8-15(11)12-5-3-9(14-12)4-6-12/h9-10,13-14H,1-8H2. The molecule has 3 heteroatoms. The van der Waals surface area contributed by atoms with Gasteiger partial charge >= 0.3 is 0 Å². The van der Waals surface area contributed by atoms with Crippen molar-refractivity contribution in [2.75, 3.05) is 13.1 Å². The van der Waals surface area contributed by atoms with Crippen LogP contribution in [0.15, 0.2) is 0 Å². The van der Waals surface area contributed by atoms with E-state index in [-0.39, 0.29) is 0 Å². The zero-order valence-electron chi connectivity index (χ0n) is 9.26. The minimum absolute atomic E-state index is 0.390. The van der Waals surface area contributed by atoms with Gasteiger partial charge in [-0.2, -0.15) is 0 Å². The first kappa shape index (κ1) is 8.97. The molecule has 15 heavy (non-hydrogen) atoms. The third kappa shape index (κ3) is 1.17. The van der Waals surface area contributed by atoms with Crippen LogP contribution in [0.1, 0.15) is 38.5 Å². The Kier molecular flexibility index (Phi) is 1.77. The Morgan fingerprint density at radius 1 is 1.13 bits per heavy atom. The van der Waals surface area contributed by atoms with Gasteiger partial charge in [0, 0.05) is 25.2 Å². The normalized spacial score (nSPS) is 50.4. The molecular weight excluding hydrogens is 186 g/mol. The van der Waals surface area contributed by atoms with Gasteiger partial charge in [0.05, 0.1) is 11.7 Å². The van der Waals surface area contributed by atoms with E-state index in [1.165, 1.54) is 45.1 Å². The van der Waals surface area contributed by atoms with Gasteiger partial charge in [0.1, 0.15) is 0 Å². The number of hydrogen-bond acceptors (Lipinski definition) is 3.